The van der Waals surface area contributed by atoms with Crippen molar-refractivity contribution in [2.75, 3.05) is 26.2 Å². The monoisotopic (exact) mass is 210 g/mol. The molecule has 1 aliphatic heterocycles. The van der Waals surface area contributed by atoms with Crippen molar-refractivity contribution in [2.24, 2.45) is 11.0 Å². The Hall–Kier alpha value is -0.730. The largest absolute Gasteiger partial charge is 0.303 e. The van der Waals surface area contributed by atoms with Crippen LogP contribution >= 0.6 is 0 Å². The summed E-state index contributed by atoms with van der Waals surface area (Å²) in [5.41, 5.74) is 8.20. The lowest BCUT2D eigenvalue weighted by Crippen LogP contribution is -2.27. The van der Waals surface area contributed by atoms with Crippen molar-refractivity contribution in [1.29, 1.82) is 0 Å². The van der Waals surface area contributed by atoms with Crippen molar-refractivity contribution < 1.29 is 0 Å². The van der Waals surface area contributed by atoms with Crippen LogP contribution in [0, 0.1) is 5.92 Å². The first kappa shape index (κ1) is 12.3. The summed E-state index contributed by atoms with van der Waals surface area (Å²) in [6.45, 7) is 6.19. The summed E-state index contributed by atoms with van der Waals surface area (Å²) < 4.78 is 0. The lowest BCUT2D eigenvalue weighted by atomic mass is 9.96. The van der Waals surface area contributed by atoms with E-state index in [0.29, 0.717) is 6.54 Å². The second kappa shape index (κ2) is 7.55. The maximum Gasteiger partial charge on any atom is 0.0385 e. The molecular weight excluding hydrogens is 188 g/mol. The zero-order chi connectivity index (χ0) is 10.9. The van der Waals surface area contributed by atoms with Gasteiger partial charge in [0.1, 0.15) is 0 Å². The predicted molar refractivity (Wildman–Crippen MR) is 62.7 cm³/mol. The SMILES string of the molecule is CCCC1CCCN(CCN=[N+]=[N-])CC1. The zero-order valence-electron chi connectivity index (χ0n) is 9.73. The minimum Gasteiger partial charge on any atom is -0.303 e. The van der Waals surface area contributed by atoms with E-state index in [4.69, 9.17) is 5.53 Å². The lowest BCUT2D eigenvalue weighted by Gasteiger charge is -2.18. The quantitative estimate of drug-likeness (QED) is 0.390. The highest BCUT2D eigenvalue weighted by atomic mass is 15.2. The second-order valence-electron chi connectivity index (χ2n) is 4.38. The van der Waals surface area contributed by atoms with Crippen molar-refractivity contribution in [2.45, 2.75) is 39.0 Å². The molecule has 1 saturated heterocycles. The van der Waals surface area contributed by atoms with Crippen LogP contribution in [0.15, 0.2) is 5.11 Å². The number of likely N-dealkylation sites (tertiary alicyclic amines) is 1. The van der Waals surface area contributed by atoms with Gasteiger partial charge in [-0.15, -0.1) is 0 Å². The topological polar surface area (TPSA) is 52.0 Å². The van der Waals surface area contributed by atoms with Gasteiger partial charge in [-0.1, -0.05) is 24.9 Å². The van der Waals surface area contributed by atoms with E-state index in [1.807, 2.05) is 0 Å². The van der Waals surface area contributed by atoms with Crippen LogP contribution in [-0.4, -0.2) is 31.1 Å². The van der Waals surface area contributed by atoms with Gasteiger partial charge in [0.15, 0.2) is 0 Å². The van der Waals surface area contributed by atoms with Gasteiger partial charge in [-0.2, -0.15) is 0 Å². The first-order valence-electron chi connectivity index (χ1n) is 6.10. The van der Waals surface area contributed by atoms with Crippen LogP contribution in [0.3, 0.4) is 0 Å². The molecular formula is C11H22N4. The molecule has 0 amide bonds. The van der Waals surface area contributed by atoms with E-state index >= 15 is 0 Å². The molecule has 0 aromatic rings. The summed E-state index contributed by atoms with van der Waals surface area (Å²) in [6.07, 6.45) is 6.70. The maximum atomic E-state index is 8.20. The van der Waals surface area contributed by atoms with Crippen LogP contribution in [0.25, 0.3) is 10.4 Å². The first-order valence-corrected chi connectivity index (χ1v) is 6.10. The van der Waals surface area contributed by atoms with Crippen molar-refractivity contribution in [1.82, 2.24) is 4.90 Å². The van der Waals surface area contributed by atoms with Gasteiger partial charge in [-0.3, -0.25) is 0 Å². The molecule has 1 rings (SSSR count). The predicted octanol–water partition coefficient (Wildman–Crippen LogP) is 3.20. The van der Waals surface area contributed by atoms with Crippen LogP contribution in [-0.2, 0) is 0 Å². The van der Waals surface area contributed by atoms with Gasteiger partial charge in [0.25, 0.3) is 0 Å². The van der Waals surface area contributed by atoms with Gasteiger partial charge in [-0.05, 0) is 43.8 Å². The number of nitrogens with zero attached hydrogens (tertiary/aromatic N) is 4. The Balaban J connectivity index is 2.22. The van der Waals surface area contributed by atoms with Gasteiger partial charge in [0, 0.05) is 18.0 Å². The highest BCUT2D eigenvalue weighted by molar-refractivity contribution is 4.70. The number of rotatable bonds is 5. The molecule has 0 spiro atoms. The Morgan fingerprint density at radius 1 is 1.40 bits per heavy atom. The average molecular weight is 210 g/mol. The highest BCUT2D eigenvalue weighted by Gasteiger charge is 2.15. The Kier molecular flexibility index (Phi) is 6.21. The molecule has 0 N–H and O–H groups in total. The molecule has 0 aromatic carbocycles. The van der Waals surface area contributed by atoms with Gasteiger partial charge in [-0.25, -0.2) is 0 Å². The zero-order valence-corrected chi connectivity index (χ0v) is 9.73. The van der Waals surface area contributed by atoms with Crippen molar-refractivity contribution in [3.63, 3.8) is 0 Å². The molecule has 0 aromatic heterocycles. The standard InChI is InChI=1S/C11H22N4/c1-2-4-11-5-3-8-15(9-6-11)10-7-13-14-12/h11H,2-10H2,1H3. The molecule has 4 nitrogen and oxygen atoms in total. The summed E-state index contributed by atoms with van der Waals surface area (Å²) in [4.78, 5) is 5.22. The van der Waals surface area contributed by atoms with Crippen molar-refractivity contribution >= 4 is 0 Å². The third-order valence-corrected chi connectivity index (χ3v) is 3.22. The van der Waals surface area contributed by atoms with Gasteiger partial charge >= 0.3 is 0 Å². The molecule has 0 radical (unpaired) electrons. The fraction of sp³-hybridized carbons (Fsp3) is 1.00. The van der Waals surface area contributed by atoms with E-state index in [9.17, 15) is 0 Å². The van der Waals surface area contributed by atoms with E-state index in [1.165, 1.54) is 45.2 Å². The van der Waals surface area contributed by atoms with E-state index in [2.05, 4.69) is 21.8 Å². The second-order valence-corrected chi connectivity index (χ2v) is 4.38. The van der Waals surface area contributed by atoms with Crippen LogP contribution in [0.2, 0.25) is 0 Å². The van der Waals surface area contributed by atoms with E-state index in [0.717, 1.165) is 12.5 Å². The van der Waals surface area contributed by atoms with Crippen LogP contribution < -0.4 is 0 Å². The Morgan fingerprint density at radius 3 is 3.00 bits per heavy atom. The molecule has 0 bridgehead atoms. The molecule has 1 unspecified atom stereocenters. The minimum atomic E-state index is 0.620. The van der Waals surface area contributed by atoms with Crippen LogP contribution in [0.5, 0.6) is 0 Å². The molecule has 4 heteroatoms. The molecule has 1 heterocycles. The van der Waals surface area contributed by atoms with E-state index in [-0.39, 0.29) is 0 Å². The first-order chi connectivity index (χ1) is 7.36. The summed E-state index contributed by atoms with van der Waals surface area (Å²) in [6, 6.07) is 0. The summed E-state index contributed by atoms with van der Waals surface area (Å²) in [7, 11) is 0. The minimum absolute atomic E-state index is 0.620. The fourth-order valence-corrected chi connectivity index (χ4v) is 2.38. The average Bonchev–Trinajstić information content (AvgIpc) is 2.45. The van der Waals surface area contributed by atoms with Crippen LogP contribution in [0.1, 0.15) is 39.0 Å². The van der Waals surface area contributed by atoms with Crippen molar-refractivity contribution in [3.8, 4) is 0 Å². The number of azide groups is 1. The maximum absolute atomic E-state index is 8.20. The molecule has 15 heavy (non-hydrogen) atoms. The van der Waals surface area contributed by atoms with Gasteiger partial charge in [0.05, 0.1) is 0 Å². The fourth-order valence-electron chi connectivity index (χ4n) is 2.38. The highest BCUT2D eigenvalue weighted by Crippen LogP contribution is 2.21. The number of hydrogen-bond donors (Lipinski definition) is 0. The lowest BCUT2D eigenvalue weighted by molar-refractivity contribution is 0.287. The van der Waals surface area contributed by atoms with Crippen LogP contribution in [0.4, 0.5) is 0 Å². The summed E-state index contributed by atoms with van der Waals surface area (Å²) in [5.74, 6) is 0.930. The Bertz CT molecular complexity index is 211. The summed E-state index contributed by atoms with van der Waals surface area (Å²) >= 11 is 0. The van der Waals surface area contributed by atoms with Gasteiger partial charge in [0.2, 0.25) is 0 Å². The molecule has 86 valence electrons. The third-order valence-electron chi connectivity index (χ3n) is 3.22. The van der Waals surface area contributed by atoms with Gasteiger partial charge < -0.3 is 4.90 Å². The van der Waals surface area contributed by atoms with E-state index < -0.39 is 0 Å². The van der Waals surface area contributed by atoms with Crippen molar-refractivity contribution in [3.05, 3.63) is 10.4 Å². The molecule has 1 aliphatic rings. The third kappa shape index (κ3) is 5.05. The van der Waals surface area contributed by atoms with E-state index in [1.54, 1.807) is 0 Å². The number of hydrogen-bond acceptors (Lipinski definition) is 2. The normalized spacial score (nSPS) is 23.1. The Labute approximate surface area is 92.3 Å². The molecule has 0 aliphatic carbocycles. The summed E-state index contributed by atoms with van der Waals surface area (Å²) in [5, 5.41) is 3.59. The smallest absolute Gasteiger partial charge is 0.0385 e. The Morgan fingerprint density at radius 2 is 2.27 bits per heavy atom. The molecule has 1 fully saturated rings. The molecule has 0 saturated carbocycles. The molecule has 1 atom stereocenters.